The maximum absolute atomic E-state index is 12.3. The molecule has 0 atom stereocenters. The zero-order chi connectivity index (χ0) is 17.7. The highest BCUT2D eigenvalue weighted by atomic mass is 16.2. The van der Waals surface area contributed by atoms with Crippen molar-refractivity contribution in [3.63, 3.8) is 0 Å². The second kappa shape index (κ2) is 7.79. The van der Waals surface area contributed by atoms with Gasteiger partial charge in [-0.1, -0.05) is 32.9 Å². The van der Waals surface area contributed by atoms with Crippen LogP contribution < -0.4 is 16.4 Å². The first-order valence-electron chi connectivity index (χ1n) is 8.69. The van der Waals surface area contributed by atoms with Gasteiger partial charge in [-0.05, 0) is 43.4 Å². The topological polar surface area (TPSA) is 84.2 Å². The molecule has 0 heterocycles. The maximum atomic E-state index is 12.3. The summed E-state index contributed by atoms with van der Waals surface area (Å²) in [5.74, 6) is -0.0272. The highest BCUT2D eigenvalue weighted by molar-refractivity contribution is 5.94. The summed E-state index contributed by atoms with van der Waals surface area (Å²) in [6, 6.07) is 7.89. The van der Waals surface area contributed by atoms with Crippen LogP contribution in [-0.4, -0.2) is 23.9 Å². The van der Waals surface area contributed by atoms with E-state index in [0.29, 0.717) is 12.1 Å². The summed E-state index contributed by atoms with van der Waals surface area (Å²) in [6.07, 6.45) is 3.84. The molecule has 4 N–H and O–H groups in total. The number of hydrogen-bond donors (Lipinski definition) is 3. The minimum absolute atomic E-state index is 0.0137. The van der Waals surface area contributed by atoms with Crippen molar-refractivity contribution in [3.05, 3.63) is 35.4 Å². The third kappa shape index (κ3) is 5.34. The van der Waals surface area contributed by atoms with Gasteiger partial charge in [0.05, 0.1) is 0 Å². The summed E-state index contributed by atoms with van der Waals surface area (Å²) in [7, 11) is 0. The van der Waals surface area contributed by atoms with E-state index in [1.54, 1.807) is 0 Å². The molecule has 0 saturated heterocycles. The Bertz CT molecular complexity index is 567. The van der Waals surface area contributed by atoms with Gasteiger partial charge in [0, 0.05) is 29.6 Å². The zero-order valence-electron chi connectivity index (χ0n) is 14.9. The first kappa shape index (κ1) is 18.5. The monoisotopic (exact) mass is 331 g/mol. The highest BCUT2D eigenvalue weighted by Gasteiger charge is 2.21. The smallest absolute Gasteiger partial charge is 0.251 e. The summed E-state index contributed by atoms with van der Waals surface area (Å²) in [5.41, 5.74) is 7.12. The molecule has 1 aromatic carbocycles. The predicted octanol–water partition coefficient (Wildman–Crippen LogP) is 2.35. The molecule has 0 aromatic heterocycles. The lowest BCUT2D eigenvalue weighted by Gasteiger charge is -2.26. The molecule has 0 aliphatic heterocycles. The predicted molar refractivity (Wildman–Crippen MR) is 95.4 cm³/mol. The first-order valence-corrected chi connectivity index (χ1v) is 8.69. The summed E-state index contributed by atoms with van der Waals surface area (Å²) in [4.78, 5) is 24.2. The molecule has 0 spiro atoms. The lowest BCUT2D eigenvalue weighted by Crippen LogP contribution is -2.40. The minimum atomic E-state index is -0.400. The summed E-state index contributed by atoms with van der Waals surface area (Å²) >= 11 is 0. The average molecular weight is 331 g/mol. The molecule has 0 unspecified atom stereocenters. The van der Waals surface area contributed by atoms with Crippen molar-refractivity contribution >= 4 is 11.8 Å². The van der Waals surface area contributed by atoms with E-state index in [2.05, 4.69) is 10.6 Å². The van der Waals surface area contributed by atoms with Gasteiger partial charge in [-0.3, -0.25) is 9.59 Å². The molecule has 132 valence electrons. The first-order chi connectivity index (χ1) is 11.3. The van der Waals surface area contributed by atoms with Crippen LogP contribution in [0.1, 0.15) is 62.4 Å². The minimum Gasteiger partial charge on any atom is -0.352 e. The summed E-state index contributed by atoms with van der Waals surface area (Å²) in [5, 5.41) is 5.99. The third-order valence-corrected chi connectivity index (χ3v) is 4.46. The van der Waals surface area contributed by atoms with E-state index in [4.69, 9.17) is 5.73 Å². The lowest BCUT2D eigenvalue weighted by molar-refractivity contribution is -0.128. The fraction of sp³-hybridized carbons (Fsp3) is 0.579. The number of nitrogens with two attached hydrogens (primary N) is 1. The molecule has 1 aromatic rings. The highest BCUT2D eigenvalue weighted by Crippen LogP contribution is 2.17. The average Bonchev–Trinajstić information content (AvgIpc) is 2.54. The van der Waals surface area contributed by atoms with Crippen LogP contribution in [0.15, 0.2) is 24.3 Å². The number of nitrogens with one attached hydrogen (secondary N) is 2. The SMILES string of the molecule is CC(C)(C)C(=O)NCc1ccc(C(=O)NC2CCC(N)CC2)cc1. The fourth-order valence-electron chi connectivity index (χ4n) is 2.75. The summed E-state index contributed by atoms with van der Waals surface area (Å²) < 4.78 is 0. The Morgan fingerprint density at radius 3 is 2.21 bits per heavy atom. The zero-order valence-corrected chi connectivity index (χ0v) is 14.9. The van der Waals surface area contributed by atoms with E-state index in [0.717, 1.165) is 31.2 Å². The number of carbonyl (C=O) groups excluding carboxylic acids is 2. The van der Waals surface area contributed by atoms with Crippen LogP contribution in [0.5, 0.6) is 0 Å². The second-order valence-corrected chi connectivity index (χ2v) is 7.71. The van der Waals surface area contributed by atoms with Crippen molar-refractivity contribution in [2.24, 2.45) is 11.1 Å². The molecule has 0 bridgehead atoms. The van der Waals surface area contributed by atoms with Crippen molar-refractivity contribution < 1.29 is 9.59 Å². The van der Waals surface area contributed by atoms with E-state index < -0.39 is 5.41 Å². The van der Waals surface area contributed by atoms with E-state index in [-0.39, 0.29) is 23.9 Å². The Labute approximate surface area is 144 Å². The van der Waals surface area contributed by atoms with Crippen LogP contribution in [0.2, 0.25) is 0 Å². The molecule has 1 fully saturated rings. The molecule has 2 rings (SSSR count). The maximum Gasteiger partial charge on any atom is 0.251 e. The van der Waals surface area contributed by atoms with Crippen molar-refractivity contribution in [2.75, 3.05) is 0 Å². The van der Waals surface area contributed by atoms with E-state index in [1.165, 1.54) is 0 Å². The number of amides is 2. The molecule has 0 radical (unpaired) electrons. The van der Waals surface area contributed by atoms with Gasteiger partial charge in [0.2, 0.25) is 5.91 Å². The van der Waals surface area contributed by atoms with Gasteiger partial charge in [0.15, 0.2) is 0 Å². The Kier molecular flexibility index (Phi) is 5.99. The Morgan fingerprint density at radius 2 is 1.67 bits per heavy atom. The normalized spacial score (nSPS) is 21.2. The Hall–Kier alpha value is -1.88. The van der Waals surface area contributed by atoms with Gasteiger partial charge in [-0.15, -0.1) is 0 Å². The number of rotatable bonds is 4. The standard InChI is InChI=1S/C19H29N3O2/c1-19(2,3)18(24)21-12-13-4-6-14(7-5-13)17(23)22-16-10-8-15(20)9-11-16/h4-7,15-16H,8-12,20H2,1-3H3,(H,21,24)(H,22,23). The van der Waals surface area contributed by atoms with Crippen LogP contribution in [0.3, 0.4) is 0 Å². The molecule has 2 amide bonds. The number of benzene rings is 1. The quantitative estimate of drug-likeness (QED) is 0.792. The molecule has 24 heavy (non-hydrogen) atoms. The number of carbonyl (C=O) groups is 2. The van der Waals surface area contributed by atoms with Crippen LogP contribution in [0, 0.1) is 5.41 Å². The largest absolute Gasteiger partial charge is 0.352 e. The number of hydrogen-bond acceptors (Lipinski definition) is 3. The molecule has 1 aliphatic rings. The van der Waals surface area contributed by atoms with Gasteiger partial charge in [0.25, 0.3) is 5.91 Å². The Morgan fingerprint density at radius 1 is 1.08 bits per heavy atom. The van der Waals surface area contributed by atoms with Crippen molar-refractivity contribution in [3.8, 4) is 0 Å². The fourth-order valence-corrected chi connectivity index (χ4v) is 2.75. The van der Waals surface area contributed by atoms with Crippen LogP contribution in [0.4, 0.5) is 0 Å². The molecular weight excluding hydrogens is 302 g/mol. The molecule has 1 aliphatic carbocycles. The summed E-state index contributed by atoms with van der Waals surface area (Å²) in [6.45, 7) is 6.12. The van der Waals surface area contributed by atoms with Crippen molar-refractivity contribution in [1.82, 2.24) is 10.6 Å². The van der Waals surface area contributed by atoms with E-state index in [1.807, 2.05) is 45.0 Å². The molecule has 5 heteroatoms. The van der Waals surface area contributed by atoms with Crippen LogP contribution in [-0.2, 0) is 11.3 Å². The third-order valence-electron chi connectivity index (χ3n) is 4.46. The van der Waals surface area contributed by atoms with E-state index >= 15 is 0 Å². The van der Waals surface area contributed by atoms with Crippen LogP contribution in [0.25, 0.3) is 0 Å². The lowest BCUT2D eigenvalue weighted by atomic mass is 9.91. The van der Waals surface area contributed by atoms with Crippen LogP contribution >= 0.6 is 0 Å². The van der Waals surface area contributed by atoms with Gasteiger partial charge >= 0.3 is 0 Å². The second-order valence-electron chi connectivity index (χ2n) is 7.71. The molecule has 5 nitrogen and oxygen atoms in total. The Balaban J connectivity index is 1.85. The van der Waals surface area contributed by atoms with Crippen molar-refractivity contribution in [2.45, 2.75) is 65.1 Å². The van der Waals surface area contributed by atoms with Gasteiger partial charge in [-0.2, -0.15) is 0 Å². The van der Waals surface area contributed by atoms with Gasteiger partial charge < -0.3 is 16.4 Å². The van der Waals surface area contributed by atoms with Crippen molar-refractivity contribution in [1.29, 1.82) is 0 Å². The molecule has 1 saturated carbocycles. The van der Waals surface area contributed by atoms with Gasteiger partial charge in [0.1, 0.15) is 0 Å². The van der Waals surface area contributed by atoms with Gasteiger partial charge in [-0.25, -0.2) is 0 Å². The van der Waals surface area contributed by atoms with E-state index in [9.17, 15) is 9.59 Å². The molecular formula is C19H29N3O2.